The van der Waals surface area contributed by atoms with Gasteiger partial charge in [-0.2, -0.15) is 9.69 Å². The first-order valence-electron chi connectivity index (χ1n) is 8.97. The minimum Gasteiger partial charge on any atom is -0.318 e. The van der Waals surface area contributed by atoms with E-state index in [9.17, 15) is 14.4 Å². The predicted octanol–water partition coefficient (Wildman–Crippen LogP) is 1.25. The van der Waals surface area contributed by atoms with Crippen LogP contribution < -0.4 is 10.7 Å². The van der Waals surface area contributed by atoms with Crippen molar-refractivity contribution in [1.29, 1.82) is 0 Å². The molecule has 1 aliphatic heterocycles. The zero-order valence-electron chi connectivity index (χ0n) is 15.8. The lowest BCUT2D eigenvalue weighted by Crippen LogP contribution is -2.48. The summed E-state index contributed by atoms with van der Waals surface area (Å²) in [6, 6.07) is 17.4. The van der Waals surface area contributed by atoms with Gasteiger partial charge in [-0.3, -0.25) is 15.0 Å². The van der Waals surface area contributed by atoms with Crippen LogP contribution in [0.15, 0.2) is 65.8 Å². The van der Waals surface area contributed by atoms with E-state index < -0.39 is 23.4 Å². The average Bonchev–Trinajstić information content (AvgIpc) is 3.32. The molecule has 1 aromatic heterocycles. The monoisotopic (exact) mass is 423 g/mol. The number of thioether (sulfide) groups is 1. The van der Waals surface area contributed by atoms with Crippen LogP contribution >= 0.6 is 11.8 Å². The third kappa shape index (κ3) is 3.62. The van der Waals surface area contributed by atoms with Gasteiger partial charge in [0, 0.05) is 0 Å². The number of hydrogen-bond donors (Lipinski definition) is 2. The largest absolute Gasteiger partial charge is 0.344 e. The number of para-hydroxylation sites is 1. The van der Waals surface area contributed by atoms with Crippen LogP contribution in [0.2, 0.25) is 0 Å². The summed E-state index contributed by atoms with van der Waals surface area (Å²) < 4.78 is 1.50. The molecule has 1 atom stereocenters. The molecular formula is C19H17N7O3S. The Balaban J connectivity index is 1.41. The molecule has 1 fully saturated rings. The summed E-state index contributed by atoms with van der Waals surface area (Å²) in [5, 5.41) is 15.2. The van der Waals surface area contributed by atoms with Crippen molar-refractivity contribution in [3.05, 3.63) is 66.2 Å². The highest BCUT2D eigenvalue weighted by Crippen LogP contribution is 2.27. The first-order valence-corrected chi connectivity index (χ1v) is 9.96. The van der Waals surface area contributed by atoms with Gasteiger partial charge in [0.1, 0.15) is 5.54 Å². The molecule has 4 rings (SSSR count). The Hall–Kier alpha value is -3.73. The van der Waals surface area contributed by atoms with Crippen LogP contribution in [0.5, 0.6) is 0 Å². The second kappa shape index (κ2) is 7.95. The van der Waals surface area contributed by atoms with Crippen molar-refractivity contribution in [2.24, 2.45) is 0 Å². The number of nitrogens with zero attached hydrogens (tertiary/aromatic N) is 5. The second-order valence-electron chi connectivity index (χ2n) is 6.59. The van der Waals surface area contributed by atoms with Crippen molar-refractivity contribution >= 4 is 29.6 Å². The van der Waals surface area contributed by atoms with E-state index in [0.717, 1.165) is 17.4 Å². The van der Waals surface area contributed by atoms with Gasteiger partial charge < -0.3 is 5.32 Å². The highest BCUT2D eigenvalue weighted by molar-refractivity contribution is 7.99. The Bertz CT molecular complexity index is 1090. The summed E-state index contributed by atoms with van der Waals surface area (Å²) in [6.45, 7) is 1.59. The van der Waals surface area contributed by atoms with Gasteiger partial charge in [-0.25, -0.2) is 4.79 Å². The SMILES string of the molecule is CC1(c2ccccc2)NC(=O)N(NC(=O)CSc2nnnn2-c2ccccc2)C1=O. The molecule has 0 saturated carbocycles. The lowest BCUT2D eigenvalue weighted by Gasteiger charge is -2.22. The summed E-state index contributed by atoms with van der Waals surface area (Å²) in [6.07, 6.45) is 0. The number of rotatable bonds is 6. The second-order valence-corrected chi connectivity index (χ2v) is 7.54. The molecule has 1 saturated heterocycles. The zero-order chi connectivity index (χ0) is 21.1. The van der Waals surface area contributed by atoms with Crippen LogP contribution in [0.3, 0.4) is 0 Å². The van der Waals surface area contributed by atoms with E-state index in [4.69, 9.17) is 0 Å². The number of carbonyl (C=O) groups is 3. The molecular weight excluding hydrogens is 406 g/mol. The number of nitrogens with one attached hydrogen (secondary N) is 2. The third-order valence-corrected chi connectivity index (χ3v) is 5.47. The minimum atomic E-state index is -1.25. The first kappa shape index (κ1) is 19.6. The number of urea groups is 1. The minimum absolute atomic E-state index is 0.0910. The number of aromatic nitrogens is 4. The highest BCUT2D eigenvalue weighted by atomic mass is 32.2. The van der Waals surface area contributed by atoms with E-state index in [1.54, 1.807) is 31.2 Å². The van der Waals surface area contributed by atoms with Gasteiger partial charge in [0.15, 0.2) is 0 Å². The fourth-order valence-electron chi connectivity index (χ4n) is 2.99. The summed E-state index contributed by atoms with van der Waals surface area (Å²) >= 11 is 1.08. The molecule has 30 heavy (non-hydrogen) atoms. The van der Waals surface area contributed by atoms with E-state index in [1.807, 2.05) is 36.4 Å². The smallest absolute Gasteiger partial charge is 0.318 e. The number of imide groups is 1. The third-order valence-electron chi connectivity index (χ3n) is 4.55. The standard InChI is InChI=1S/C19H17N7O3S/c1-19(13-8-4-2-5-9-13)16(28)26(17(29)20-19)22-15(27)12-30-18-21-23-24-25(18)14-10-6-3-7-11-14/h2-11H,12H2,1H3,(H,20,29)(H,22,27). The lowest BCUT2D eigenvalue weighted by molar-refractivity contribution is -0.138. The number of hydrogen-bond acceptors (Lipinski definition) is 7. The number of tetrazole rings is 1. The van der Waals surface area contributed by atoms with Crippen molar-refractivity contribution in [3.63, 3.8) is 0 Å². The van der Waals surface area contributed by atoms with Crippen LogP contribution in [0.25, 0.3) is 5.69 Å². The topological polar surface area (TPSA) is 122 Å². The summed E-state index contributed by atoms with van der Waals surface area (Å²) in [7, 11) is 0. The quantitative estimate of drug-likeness (QED) is 0.452. The number of amides is 4. The Morgan fingerprint density at radius 3 is 2.47 bits per heavy atom. The van der Waals surface area contributed by atoms with Crippen LogP contribution in [0, 0.1) is 0 Å². The molecule has 0 radical (unpaired) electrons. The average molecular weight is 423 g/mol. The van der Waals surface area contributed by atoms with E-state index in [1.165, 1.54) is 4.68 Å². The molecule has 0 spiro atoms. The van der Waals surface area contributed by atoms with Crippen LogP contribution in [-0.4, -0.2) is 48.8 Å². The van der Waals surface area contributed by atoms with Gasteiger partial charge in [0.25, 0.3) is 5.91 Å². The van der Waals surface area contributed by atoms with Crippen molar-refractivity contribution in [3.8, 4) is 5.69 Å². The Morgan fingerprint density at radius 2 is 1.77 bits per heavy atom. The molecule has 0 aliphatic carbocycles. The molecule has 11 heteroatoms. The van der Waals surface area contributed by atoms with E-state index in [-0.39, 0.29) is 5.75 Å². The molecule has 2 aromatic carbocycles. The van der Waals surface area contributed by atoms with Gasteiger partial charge in [0.05, 0.1) is 11.4 Å². The first-order chi connectivity index (χ1) is 14.5. The Labute approximate surface area is 175 Å². The van der Waals surface area contributed by atoms with Gasteiger partial charge in [-0.1, -0.05) is 60.3 Å². The van der Waals surface area contributed by atoms with Crippen molar-refractivity contribution < 1.29 is 14.4 Å². The Kier molecular flexibility index (Phi) is 5.19. The molecule has 10 nitrogen and oxygen atoms in total. The van der Waals surface area contributed by atoms with Gasteiger partial charge >= 0.3 is 6.03 Å². The predicted molar refractivity (Wildman–Crippen MR) is 107 cm³/mol. The normalized spacial score (nSPS) is 18.4. The van der Waals surface area contributed by atoms with Crippen molar-refractivity contribution in [1.82, 2.24) is 36.0 Å². The van der Waals surface area contributed by atoms with Gasteiger partial charge in [-0.05, 0) is 35.0 Å². The van der Waals surface area contributed by atoms with Crippen molar-refractivity contribution in [2.45, 2.75) is 17.6 Å². The van der Waals surface area contributed by atoms with Crippen molar-refractivity contribution in [2.75, 3.05) is 5.75 Å². The maximum absolute atomic E-state index is 12.8. The van der Waals surface area contributed by atoms with Gasteiger partial charge in [0.2, 0.25) is 11.1 Å². The molecule has 2 N–H and O–H groups in total. The lowest BCUT2D eigenvalue weighted by atomic mass is 9.92. The molecule has 3 aromatic rings. The summed E-state index contributed by atoms with van der Waals surface area (Å²) in [5.74, 6) is -1.19. The van der Waals surface area contributed by atoms with Crippen LogP contribution in [-0.2, 0) is 15.1 Å². The number of benzene rings is 2. The van der Waals surface area contributed by atoms with E-state index in [0.29, 0.717) is 15.7 Å². The highest BCUT2D eigenvalue weighted by Gasteiger charge is 2.49. The van der Waals surface area contributed by atoms with E-state index >= 15 is 0 Å². The Morgan fingerprint density at radius 1 is 1.10 bits per heavy atom. The maximum atomic E-state index is 12.8. The zero-order valence-corrected chi connectivity index (χ0v) is 16.7. The fourth-order valence-corrected chi connectivity index (χ4v) is 3.68. The molecule has 2 heterocycles. The maximum Gasteiger partial charge on any atom is 0.344 e. The fraction of sp³-hybridized carbons (Fsp3) is 0.158. The molecule has 0 bridgehead atoms. The summed E-state index contributed by atoms with van der Waals surface area (Å²) in [5.41, 5.74) is 2.48. The number of hydrazine groups is 1. The molecule has 152 valence electrons. The number of carbonyl (C=O) groups excluding carboxylic acids is 3. The summed E-state index contributed by atoms with van der Waals surface area (Å²) in [4.78, 5) is 37.5. The van der Waals surface area contributed by atoms with Crippen LogP contribution in [0.1, 0.15) is 12.5 Å². The molecule has 1 aliphatic rings. The van der Waals surface area contributed by atoms with Crippen LogP contribution in [0.4, 0.5) is 4.79 Å². The molecule has 1 unspecified atom stereocenters. The van der Waals surface area contributed by atoms with Gasteiger partial charge in [-0.15, -0.1) is 5.10 Å². The van der Waals surface area contributed by atoms with E-state index in [2.05, 4.69) is 26.3 Å². The molecule has 4 amide bonds.